The van der Waals surface area contributed by atoms with Crippen LogP contribution >= 0.6 is 22.9 Å². The van der Waals surface area contributed by atoms with Crippen LogP contribution in [-0.2, 0) is 4.79 Å². The van der Waals surface area contributed by atoms with Crippen LogP contribution in [-0.4, -0.2) is 26.7 Å². The molecule has 3 rings (SSSR count). The fourth-order valence-electron chi connectivity index (χ4n) is 2.31. The Hall–Kier alpha value is -2.51. The number of benzene rings is 1. The molecule has 2 aromatic heterocycles. The van der Waals surface area contributed by atoms with E-state index in [1.165, 1.54) is 0 Å². The number of thiazole rings is 1. The molecule has 3 aromatic rings. The highest BCUT2D eigenvalue weighted by atomic mass is 35.5. The van der Waals surface area contributed by atoms with Crippen molar-refractivity contribution in [1.82, 2.24) is 15.0 Å². The van der Waals surface area contributed by atoms with E-state index in [1.807, 2.05) is 32.0 Å². The van der Waals surface area contributed by atoms with Crippen molar-refractivity contribution >= 4 is 46.2 Å². The molecule has 0 aliphatic heterocycles. The predicted molar refractivity (Wildman–Crippen MR) is 102 cm³/mol. The summed E-state index contributed by atoms with van der Waals surface area (Å²) in [5, 5.41) is 6.86. The molecule has 0 bridgehead atoms. The predicted octanol–water partition coefficient (Wildman–Crippen LogP) is 4.14. The number of alkyl halides is 1. The number of halogens is 1. The molecule has 0 aliphatic rings. The van der Waals surface area contributed by atoms with Gasteiger partial charge in [-0.05, 0) is 38.1 Å². The first-order valence-corrected chi connectivity index (χ1v) is 8.90. The van der Waals surface area contributed by atoms with E-state index in [9.17, 15) is 4.79 Å². The van der Waals surface area contributed by atoms with Crippen LogP contribution in [0.5, 0.6) is 0 Å². The summed E-state index contributed by atoms with van der Waals surface area (Å²) in [7, 11) is 0. The van der Waals surface area contributed by atoms with E-state index < -0.39 is 0 Å². The number of amides is 1. The lowest BCUT2D eigenvalue weighted by Crippen LogP contribution is -2.12. The van der Waals surface area contributed by atoms with Gasteiger partial charge in [0.25, 0.3) is 0 Å². The Labute approximate surface area is 154 Å². The Morgan fingerprint density at radius 3 is 2.72 bits per heavy atom. The van der Waals surface area contributed by atoms with E-state index in [1.54, 1.807) is 29.7 Å². The summed E-state index contributed by atoms with van der Waals surface area (Å²) in [6.45, 7) is 3.94. The van der Waals surface area contributed by atoms with E-state index in [0.29, 0.717) is 11.6 Å². The van der Waals surface area contributed by atoms with Crippen LogP contribution in [0.15, 0.2) is 36.5 Å². The maximum Gasteiger partial charge on any atom is 0.239 e. The molecule has 6 nitrogen and oxygen atoms in total. The highest BCUT2D eigenvalue weighted by Gasteiger charge is 2.10. The highest BCUT2D eigenvalue weighted by molar-refractivity contribution is 7.15. The number of carbonyl (C=O) groups is 1. The third-order valence-electron chi connectivity index (χ3n) is 3.32. The van der Waals surface area contributed by atoms with Crippen molar-refractivity contribution in [1.29, 1.82) is 0 Å². The summed E-state index contributed by atoms with van der Waals surface area (Å²) in [5.41, 5.74) is 3.20. The third kappa shape index (κ3) is 4.32. The van der Waals surface area contributed by atoms with Gasteiger partial charge in [0.1, 0.15) is 5.88 Å². The van der Waals surface area contributed by atoms with Crippen molar-refractivity contribution in [3.8, 4) is 10.6 Å². The zero-order chi connectivity index (χ0) is 17.8. The van der Waals surface area contributed by atoms with Crippen LogP contribution in [0.25, 0.3) is 10.6 Å². The van der Waals surface area contributed by atoms with Crippen LogP contribution in [0.4, 0.5) is 17.3 Å². The molecule has 2 heterocycles. The fraction of sp³-hybridized carbons (Fsp3) is 0.176. The molecule has 0 aliphatic carbocycles. The second-order valence-electron chi connectivity index (χ2n) is 5.30. The molecule has 128 valence electrons. The standard InChI is InChI=1S/C17H16ClN5OS/c1-10-16(25-11(2)20-10)14-6-7-19-17(23-14)22-13-5-3-4-12(8-13)21-15(24)9-18/h3-8H,9H2,1-2H3,(H,21,24)(H,19,22,23). The van der Waals surface area contributed by atoms with Gasteiger partial charge in [-0.15, -0.1) is 22.9 Å². The van der Waals surface area contributed by atoms with E-state index in [0.717, 1.165) is 27.0 Å². The minimum Gasteiger partial charge on any atom is -0.325 e. The monoisotopic (exact) mass is 373 g/mol. The lowest BCUT2D eigenvalue weighted by molar-refractivity contribution is -0.113. The van der Waals surface area contributed by atoms with Crippen molar-refractivity contribution in [2.75, 3.05) is 16.5 Å². The van der Waals surface area contributed by atoms with Crippen LogP contribution < -0.4 is 10.6 Å². The Kier molecular flexibility index (Phi) is 5.25. The van der Waals surface area contributed by atoms with E-state index in [2.05, 4.69) is 25.6 Å². The van der Waals surface area contributed by atoms with E-state index >= 15 is 0 Å². The quantitative estimate of drug-likeness (QED) is 0.657. The van der Waals surface area contributed by atoms with Crippen LogP contribution in [0, 0.1) is 13.8 Å². The third-order valence-corrected chi connectivity index (χ3v) is 4.65. The topological polar surface area (TPSA) is 79.8 Å². The van der Waals surface area contributed by atoms with Crippen LogP contribution in [0.1, 0.15) is 10.7 Å². The number of hydrogen-bond acceptors (Lipinski definition) is 6. The molecule has 25 heavy (non-hydrogen) atoms. The van der Waals surface area contributed by atoms with Crippen molar-refractivity contribution in [3.63, 3.8) is 0 Å². The number of hydrogen-bond donors (Lipinski definition) is 2. The lowest BCUT2D eigenvalue weighted by Gasteiger charge is -2.08. The van der Waals surface area contributed by atoms with Gasteiger partial charge in [0.05, 0.1) is 21.3 Å². The number of anilines is 3. The Morgan fingerprint density at radius 1 is 1.20 bits per heavy atom. The minimum absolute atomic E-state index is 0.0869. The second kappa shape index (κ2) is 7.58. The SMILES string of the molecule is Cc1nc(C)c(-c2ccnc(Nc3cccc(NC(=O)CCl)c3)n2)s1. The molecular weight excluding hydrogens is 358 g/mol. The molecule has 0 saturated carbocycles. The summed E-state index contributed by atoms with van der Waals surface area (Å²) in [4.78, 5) is 25.7. The van der Waals surface area contributed by atoms with Gasteiger partial charge in [-0.1, -0.05) is 6.07 Å². The fourth-order valence-corrected chi connectivity index (χ4v) is 3.27. The molecule has 0 radical (unpaired) electrons. The van der Waals surface area contributed by atoms with Crippen molar-refractivity contribution in [3.05, 3.63) is 47.2 Å². The Balaban J connectivity index is 1.82. The average Bonchev–Trinajstić information content (AvgIpc) is 2.94. The van der Waals surface area contributed by atoms with Gasteiger partial charge >= 0.3 is 0 Å². The van der Waals surface area contributed by atoms with E-state index in [4.69, 9.17) is 11.6 Å². The van der Waals surface area contributed by atoms with Crippen LogP contribution in [0.2, 0.25) is 0 Å². The maximum atomic E-state index is 11.4. The molecule has 0 unspecified atom stereocenters. The Bertz CT molecular complexity index is 912. The molecular formula is C17H16ClN5OS. The molecule has 8 heteroatoms. The van der Waals surface area contributed by atoms with Crippen molar-refractivity contribution in [2.24, 2.45) is 0 Å². The largest absolute Gasteiger partial charge is 0.325 e. The molecule has 0 atom stereocenters. The van der Waals surface area contributed by atoms with Crippen molar-refractivity contribution < 1.29 is 4.79 Å². The molecule has 0 spiro atoms. The van der Waals surface area contributed by atoms with Crippen LogP contribution in [0.3, 0.4) is 0 Å². The smallest absolute Gasteiger partial charge is 0.239 e. The number of rotatable bonds is 5. The van der Waals surface area contributed by atoms with Crippen molar-refractivity contribution in [2.45, 2.75) is 13.8 Å². The number of carbonyl (C=O) groups excluding carboxylic acids is 1. The second-order valence-corrected chi connectivity index (χ2v) is 6.77. The first-order chi connectivity index (χ1) is 12.0. The molecule has 0 saturated heterocycles. The van der Waals surface area contributed by atoms with Gasteiger partial charge in [-0.3, -0.25) is 4.79 Å². The highest BCUT2D eigenvalue weighted by Crippen LogP contribution is 2.29. The summed E-state index contributed by atoms with van der Waals surface area (Å²) in [6, 6.07) is 9.14. The van der Waals surface area contributed by atoms with E-state index in [-0.39, 0.29) is 11.8 Å². The Morgan fingerprint density at radius 2 is 2.00 bits per heavy atom. The zero-order valence-corrected chi connectivity index (χ0v) is 15.3. The van der Waals surface area contributed by atoms with Gasteiger partial charge in [-0.25, -0.2) is 15.0 Å². The van der Waals surface area contributed by atoms with Gasteiger partial charge in [0.15, 0.2) is 0 Å². The number of nitrogens with zero attached hydrogens (tertiary/aromatic N) is 3. The van der Waals surface area contributed by atoms with Gasteiger partial charge < -0.3 is 10.6 Å². The number of aromatic nitrogens is 3. The zero-order valence-electron chi connectivity index (χ0n) is 13.7. The number of nitrogens with one attached hydrogen (secondary N) is 2. The molecule has 1 aromatic carbocycles. The summed E-state index contributed by atoms with van der Waals surface area (Å²) in [5.74, 6) is 0.132. The summed E-state index contributed by atoms with van der Waals surface area (Å²) in [6.07, 6.45) is 1.71. The molecule has 2 N–H and O–H groups in total. The molecule has 0 fully saturated rings. The summed E-state index contributed by atoms with van der Waals surface area (Å²) < 4.78 is 0. The summed E-state index contributed by atoms with van der Waals surface area (Å²) >= 11 is 7.11. The average molecular weight is 374 g/mol. The maximum absolute atomic E-state index is 11.4. The first kappa shape index (κ1) is 17.3. The van der Waals surface area contributed by atoms with Gasteiger partial charge in [-0.2, -0.15) is 0 Å². The molecule has 1 amide bonds. The number of aryl methyl sites for hydroxylation is 2. The minimum atomic E-state index is -0.256. The van der Waals surface area contributed by atoms with Gasteiger partial charge in [0.2, 0.25) is 11.9 Å². The normalized spacial score (nSPS) is 10.5. The lowest BCUT2D eigenvalue weighted by atomic mass is 10.2. The first-order valence-electron chi connectivity index (χ1n) is 7.55. The van der Waals surface area contributed by atoms with Gasteiger partial charge in [0, 0.05) is 17.6 Å².